The number of allylic oxidation sites excluding steroid dienone is 1. The molecule has 0 aliphatic heterocycles. The van der Waals surface area contributed by atoms with Crippen molar-refractivity contribution in [1.29, 1.82) is 0 Å². The summed E-state index contributed by atoms with van der Waals surface area (Å²) >= 11 is 0. The highest BCUT2D eigenvalue weighted by Gasteiger charge is 2.02. The van der Waals surface area contributed by atoms with Crippen LogP contribution in [0.3, 0.4) is 0 Å². The number of phenolic OH excluding ortho intramolecular Hbond substituents is 1. The fourth-order valence-corrected chi connectivity index (χ4v) is 2.54. The lowest BCUT2D eigenvalue weighted by Crippen LogP contribution is -1.99. The Labute approximate surface area is 150 Å². The molecule has 0 unspecified atom stereocenters. The SMILES string of the molecule is C=C(C)C(=O)CCCCCCOc1ccc(-c2ccc(O)cc2)cc1. The molecule has 2 aromatic rings. The average Bonchev–Trinajstić information content (AvgIpc) is 2.62. The fourth-order valence-electron chi connectivity index (χ4n) is 2.54. The zero-order valence-corrected chi connectivity index (χ0v) is 14.8. The summed E-state index contributed by atoms with van der Waals surface area (Å²) in [6.45, 7) is 6.12. The smallest absolute Gasteiger partial charge is 0.157 e. The Morgan fingerprint density at radius 1 is 0.920 bits per heavy atom. The van der Waals surface area contributed by atoms with Gasteiger partial charge in [0.1, 0.15) is 11.5 Å². The quantitative estimate of drug-likeness (QED) is 0.457. The molecular formula is C22H26O3. The van der Waals surface area contributed by atoms with E-state index in [9.17, 15) is 9.90 Å². The molecule has 25 heavy (non-hydrogen) atoms. The van der Waals surface area contributed by atoms with Crippen molar-refractivity contribution < 1.29 is 14.6 Å². The third kappa shape index (κ3) is 6.46. The van der Waals surface area contributed by atoms with Gasteiger partial charge in [-0.25, -0.2) is 0 Å². The number of carbonyl (C=O) groups excluding carboxylic acids is 1. The number of ketones is 1. The molecule has 0 radical (unpaired) electrons. The number of hydrogen-bond acceptors (Lipinski definition) is 3. The second-order valence-electron chi connectivity index (χ2n) is 6.29. The molecule has 0 aromatic heterocycles. The van der Waals surface area contributed by atoms with E-state index in [-0.39, 0.29) is 11.5 Å². The number of Topliss-reactive ketones (excluding diaryl/α,β-unsaturated/α-hetero) is 1. The highest BCUT2D eigenvalue weighted by molar-refractivity contribution is 5.93. The van der Waals surface area contributed by atoms with E-state index in [0.29, 0.717) is 18.6 Å². The minimum Gasteiger partial charge on any atom is -0.508 e. The molecule has 0 amide bonds. The van der Waals surface area contributed by atoms with Crippen LogP contribution in [0.25, 0.3) is 11.1 Å². The first-order chi connectivity index (χ1) is 12.1. The summed E-state index contributed by atoms with van der Waals surface area (Å²) < 4.78 is 5.76. The molecule has 0 atom stereocenters. The van der Waals surface area contributed by atoms with Crippen molar-refractivity contribution in [3.8, 4) is 22.6 Å². The van der Waals surface area contributed by atoms with Crippen molar-refractivity contribution in [2.45, 2.75) is 39.0 Å². The maximum Gasteiger partial charge on any atom is 0.157 e. The van der Waals surface area contributed by atoms with Gasteiger partial charge in [-0.05, 0) is 60.7 Å². The predicted molar refractivity (Wildman–Crippen MR) is 102 cm³/mol. The lowest BCUT2D eigenvalue weighted by atomic mass is 10.1. The molecule has 0 saturated heterocycles. The molecule has 2 aromatic carbocycles. The zero-order valence-electron chi connectivity index (χ0n) is 14.8. The number of unbranched alkanes of at least 4 members (excludes halogenated alkanes) is 3. The van der Waals surface area contributed by atoms with Gasteiger partial charge in [0.05, 0.1) is 6.61 Å². The van der Waals surface area contributed by atoms with E-state index in [1.165, 1.54) is 0 Å². The molecule has 132 valence electrons. The van der Waals surface area contributed by atoms with Crippen LogP contribution in [0.5, 0.6) is 11.5 Å². The van der Waals surface area contributed by atoms with Gasteiger partial charge in [-0.3, -0.25) is 4.79 Å². The second kappa shape index (κ2) is 9.67. The summed E-state index contributed by atoms with van der Waals surface area (Å²) in [5.74, 6) is 1.30. The average molecular weight is 338 g/mol. The summed E-state index contributed by atoms with van der Waals surface area (Å²) in [7, 11) is 0. The lowest BCUT2D eigenvalue weighted by Gasteiger charge is -2.08. The van der Waals surface area contributed by atoms with Crippen molar-refractivity contribution in [3.05, 3.63) is 60.7 Å². The highest BCUT2D eigenvalue weighted by atomic mass is 16.5. The van der Waals surface area contributed by atoms with Crippen LogP contribution in [0.4, 0.5) is 0 Å². The third-order valence-corrected chi connectivity index (χ3v) is 4.10. The number of aromatic hydroxyl groups is 1. The molecule has 2 rings (SSSR count). The van der Waals surface area contributed by atoms with Gasteiger partial charge in [0.2, 0.25) is 0 Å². The normalized spacial score (nSPS) is 10.4. The summed E-state index contributed by atoms with van der Waals surface area (Å²) in [5, 5.41) is 9.33. The standard InChI is InChI=1S/C22H26O3/c1-17(2)22(24)7-5-3-4-6-16-25-21-14-10-19(11-15-21)18-8-12-20(23)13-9-18/h8-15,23H,1,3-7,16H2,2H3. The Hall–Kier alpha value is -2.55. The molecule has 0 aliphatic rings. The third-order valence-electron chi connectivity index (χ3n) is 4.10. The van der Waals surface area contributed by atoms with E-state index < -0.39 is 0 Å². The first-order valence-electron chi connectivity index (χ1n) is 8.77. The van der Waals surface area contributed by atoms with Gasteiger partial charge in [0, 0.05) is 6.42 Å². The Balaban J connectivity index is 1.66. The van der Waals surface area contributed by atoms with Gasteiger partial charge in [-0.15, -0.1) is 0 Å². The monoisotopic (exact) mass is 338 g/mol. The summed E-state index contributed by atoms with van der Waals surface area (Å²) in [5.41, 5.74) is 2.81. The maximum atomic E-state index is 11.4. The van der Waals surface area contributed by atoms with Crippen LogP contribution in [0.1, 0.15) is 39.0 Å². The van der Waals surface area contributed by atoms with Crippen LogP contribution < -0.4 is 4.74 Å². The largest absolute Gasteiger partial charge is 0.508 e. The van der Waals surface area contributed by atoms with E-state index in [0.717, 1.165) is 42.6 Å². The number of hydrogen-bond donors (Lipinski definition) is 1. The Kier molecular flexibility index (Phi) is 7.27. The van der Waals surface area contributed by atoms with Crippen LogP contribution in [-0.4, -0.2) is 17.5 Å². The van der Waals surface area contributed by atoms with Crippen LogP contribution >= 0.6 is 0 Å². The number of phenols is 1. The number of ether oxygens (including phenoxy) is 1. The maximum absolute atomic E-state index is 11.4. The van der Waals surface area contributed by atoms with E-state index >= 15 is 0 Å². The Morgan fingerprint density at radius 3 is 2.08 bits per heavy atom. The number of carbonyl (C=O) groups is 1. The van der Waals surface area contributed by atoms with Gasteiger partial charge in [-0.2, -0.15) is 0 Å². The molecule has 0 fully saturated rings. The van der Waals surface area contributed by atoms with Gasteiger partial charge < -0.3 is 9.84 Å². The minimum absolute atomic E-state index is 0.171. The molecule has 0 spiro atoms. The van der Waals surface area contributed by atoms with Gasteiger partial charge in [0.25, 0.3) is 0 Å². The van der Waals surface area contributed by atoms with Crippen LogP contribution in [0.15, 0.2) is 60.7 Å². The molecule has 0 aliphatic carbocycles. The fraction of sp³-hybridized carbons (Fsp3) is 0.318. The zero-order chi connectivity index (χ0) is 18.1. The van der Waals surface area contributed by atoms with Crippen molar-refractivity contribution in [1.82, 2.24) is 0 Å². The van der Waals surface area contributed by atoms with Gasteiger partial charge in [0.15, 0.2) is 5.78 Å². The molecule has 1 N–H and O–H groups in total. The first kappa shape index (κ1) is 18.8. The van der Waals surface area contributed by atoms with Crippen molar-refractivity contribution in [2.75, 3.05) is 6.61 Å². The summed E-state index contributed by atoms with van der Waals surface area (Å²) in [4.78, 5) is 11.4. The van der Waals surface area contributed by atoms with Crippen molar-refractivity contribution in [2.24, 2.45) is 0 Å². The molecular weight excluding hydrogens is 312 g/mol. The highest BCUT2D eigenvalue weighted by Crippen LogP contribution is 2.24. The second-order valence-corrected chi connectivity index (χ2v) is 6.29. The van der Waals surface area contributed by atoms with Gasteiger partial charge in [-0.1, -0.05) is 43.7 Å². The molecule has 3 heteroatoms. The van der Waals surface area contributed by atoms with E-state index in [2.05, 4.69) is 6.58 Å². The van der Waals surface area contributed by atoms with Crippen molar-refractivity contribution in [3.63, 3.8) is 0 Å². The molecule has 0 heterocycles. The topological polar surface area (TPSA) is 46.5 Å². The Bertz CT molecular complexity index is 684. The molecule has 3 nitrogen and oxygen atoms in total. The number of benzene rings is 2. The lowest BCUT2D eigenvalue weighted by molar-refractivity contribution is -0.115. The van der Waals surface area contributed by atoms with Crippen LogP contribution in [0.2, 0.25) is 0 Å². The van der Waals surface area contributed by atoms with E-state index in [1.807, 2.05) is 36.4 Å². The first-order valence-corrected chi connectivity index (χ1v) is 8.77. The summed E-state index contributed by atoms with van der Waals surface area (Å²) in [6.07, 6.45) is 4.63. The minimum atomic E-state index is 0.171. The van der Waals surface area contributed by atoms with Crippen molar-refractivity contribution >= 4 is 5.78 Å². The van der Waals surface area contributed by atoms with E-state index in [4.69, 9.17) is 4.74 Å². The van der Waals surface area contributed by atoms with E-state index in [1.54, 1.807) is 19.1 Å². The van der Waals surface area contributed by atoms with Gasteiger partial charge >= 0.3 is 0 Å². The van der Waals surface area contributed by atoms with Crippen LogP contribution in [-0.2, 0) is 4.79 Å². The van der Waals surface area contributed by atoms with Crippen LogP contribution in [0, 0.1) is 0 Å². The molecule has 0 saturated carbocycles. The Morgan fingerprint density at radius 2 is 1.48 bits per heavy atom. The number of rotatable bonds is 10. The summed E-state index contributed by atoms with van der Waals surface area (Å²) in [6, 6.07) is 15.1. The predicted octanol–water partition coefficient (Wildman–Crippen LogP) is 5.53. The molecule has 0 bridgehead atoms.